The molecule has 22 heavy (non-hydrogen) atoms. The molecular formula is C17H13ClN2O2. The molecule has 5 heteroatoms. The molecule has 0 saturated heterocycles. The maximum atomic E-state index is 6.00. The number of fused-ring (bicyclic) bond motifs is 3. The third-order valence-corrected chi connectivity index (χ3v) is 3.82. The normalized spacial score (nSPS) is 11.3. The average Bonchev–Trinajstić information content (AvgIpc) is 3.13. The first-order chi connectivity index (χ1) is 10.8. The van der Waals surface area contributed by atoms with Gasteiger partial charge >= 0.3 is 0 Å². The first-order valence-electron chi connectivity index (χ1n) is 7.00. The molecule has 0 saturated carbocycles. The molecule has 0 fully saturated rings. The van der Waals surface area contributed by atoms with Crippen LogP contribution in [0, 0.1) is 0 Å². The maximum Gasteiger partial charge on any atom is 0.139 e. The average molecular weight is 313 g/mol. The Balaban J connectivity index is 1.58. The zero-order valence-corrected chi connectivity index (χ0v) is 12.5. The van der Waals surface area contributed by atoms with Gasteiger partial charge in [0.2, 0.25) is 0 Å². The molecule has 0 aliphatic carbocycles. The van der Waals surface area contributed by atoms with Gasteiger partial charge in [-0.2, -0.15) is 0 Å². The van der Waals surface area contributed by atoms with E-state index in [1.165, 1.54) is 0 Å². The summed E-state index contributed by atoms with van der Waals surface area (Å²) in [6.45, 7) is 1.34. The highest BCUT2D eigenvalue weighted by molar-refractivity contribution is 6.31. The summed E-state index contributed by atoms with van der Waals surface area (Å²) >= 11 is 6.00. The molecule has 4 nitrogen and oxygen atoms in total. The molecule has 2 aromatic carbocycles. The fraction of sp³-hybridized carbons (Fsp3) is 0.118. The summed E-state index contributed by atoms with van der Waals surface area (Å²) in [5.41, 5.74) is 1.59. The van der Waals surface area contributed by atoms with Crippen LogP contribution in [0.5, 0.6) is 5.75 Å². The van der Waals surface area contributed by atoms with E-state index in [9.17, 15) is 0 Å². The summed E-state index contributed by atoms with van der Waals surface area (Å²) in [5.74, 6) is 0.790. The van der Waals surface area contributed by atoms with Crippen molar-refractivity contribution in [3.05, 3.63) is 60.1 Å². The van der Waals surface area contributed by atoms with Crippen molar-refractivity contribution in [2.45, 2.75) is 6.54 Å². The number of nitrogens with zero attached hydrogens (tertiary/aromatic N) is 2. The zero-order valence-electron chi connectivity index (χ0n) is 11.7. The Morgan fingerprint density at radius 1 is 1.09 bits per heavy atom. The van der Waals surface area contributed by atoms with Crippen molar-refractivity contribution in [3.8, 4) is 5.75 Å². The van der Waals surface area contributed by atoms with E-state index < -0.39 is 0 Å². The van der Waals surface area contributed by atoms with Gasteiger partial charge in [0.1, 0.15) is 23.5 Å². The van der Waals surface area contributed by atoms with Gasteiger partial charge in [-0.3, -0.25) is 0 Å². The second kappa shape index (κ2) is 5.39. The van der Waals surface area contributed by atoms with Crippen molar-refractivity contribution >= 4 is 33.5 Å². The third-order valence-electron chi connectivity index (χ3n) is 3.58. The van der Waals surface area contributed by atoms with E-state index in [2.05, 4.69) is 4.98 Å². The Labute approximate surface area is 131 Å². The molecule has 4 rings (SSSR count). The van der Waals surface area contributed by atoms with E-state index in [0.29, 0.717) is 11.6 Å². The molecule has 0 amide bonds. The minimum Gasteiger partial charge on any atom is -0.492 e. The number of rotatable bonds is 4. The van der Waals surface area contributed by atoms with Gasteiger partial charge in [0.05, 0.1) is 12.9 Å². The molecule has 0 radical (unpaired) electrons. The van der Waals surface area contributed by atoms with Gasteiger partial charge in [0.25, 0.3) is 0 Å². The van der Waals surface area contributed by atoms with Gasteiger partial charge in [-0.25, -0.2) is 4.98 Å². The minimum absolute atomic E-state index is 0.577. The van der Waals surface area contributed by atoms with Crippen molar-refractivity contribution in [1.29, 1.82) is 0 Å². The van der Waals surface area contributed by atoms with E-state index in [4.69, 9.17) is 20.8 Å². The monoisotopic (exact) mass is 312 g/mol. The number of hydrogen-bond donors (Lipinski definition) is 0. The minimum atomic E-state index is 0.577. The number of halogens is 1. The Hall–Kier alpha value is -2.46. The molecule has 0 aliphatic heterocycles. The fourth-order valence-corrected chi connectivity index (χ4v) is 2.67. The lowest BCUT2D eigenvalue weighted by Crippen LogP contribution is -2.06. The Morgan fingerprint density at radius 3 is 2.73 bits per heavy atom. The predicted molar refractivity (Wildman–Crippen MR) is 86.5 cm³/mol. The Bertz CT molecular complexity index is 929. The van der Waals surface area contributed by atoms with E-state index >= 15 is 0 Å². The Kier molecular flexibility index (Phi) is 3.24. The lowest BCUT2D eigenvalue weighted by Gasteiger charge is -2.06. The van der Waals surface area contributed by atoms with Crippen LogP contribution in [0.1, 0.15) is 0 Å². The van der Waals surface area contributed by atoms with Crippen LogP contribution in [0.15, 0.2) is 59.5 Å². The van der Waals surface area contributed by atoms with Gasteiger partial charge in [0, 0.05) is 40.3 Å². The van der Waals surface area contributed by atoms with E-state index in [-0.39, 0.29) is 0 Å². The van der Waals surface area contributed by atoms with Gasteiger partial charge in [-0.15, -0.1) is 0 Å². The smallest absolute Gasteiger partial charge is 0.139 e. The molecule has 4 aromatic rings. The van der Waals surface area contributed by atoms with E-state index in [1.54, 1.807) is 12.5 Å². The van der Waals surface area contributed by atoms with Gasteiger partial charge in [-0.1, -0.05) is 11.6 Å². The molecule has 0 atom stereocenters. The van der Waals surface area contributed by atoms with Crippen molar-refractivity contribution in [2.24, 2.45) is 0 Å². The van der Waals surface area contributed by atoms with Crippen LogP contribution in [-0.4, -0.2) is 16.2 Å². The van der Waals surface area contributed by atoms with Gasteiger partial charge < -0.3 is 13.7 Å². The summed E-state index contributed by atoms with van der Waals surface area (Å²) in [4.78, 5) is 4.00. The van der Waals surface area contributed by atoms with Crippen molar-refractivity contribution in [1.82, 2.24) is 9.55 Å². The number of hydrogen-bond acceptors (Lipinski definition) is 3. The SMILES string of the molecule is Clc1ccc2c(c1)oc1cc(OCCn3ccnc3)ccc12. The van der Waals surface area contributed by atoms with Crippen molar-refractivity contribution in [3.63, 3.8) is 0 Å². The number of furan rings is 1. The number of imidazole rings is 1. The standard InChI is InChI=1S/C17H13ClN2O2/c18-12-1-3-14-15-4-2-13(10-17(15)22-16(14)9-12)21-8-7-20-6-5-19-11-20/h1-6,9-11H,7-8H2. The number of aromatic nitrogens is 2. The number of benzene rings is 2. The van der Waals surface area contributed by atoms with Crippen LogP contribution < -0.4 is 4.74 Å². The van der Waals surface area contributed by atoms with Crippen LogP contribution in [0.4, 0.5) is 0 Å². The highest BCUT2D eigenvalue weighted by atomic mass is 35.5. The summed E-state index contributed by atoms with van der Waals surface area (Å²) < 4.78 is 13.6. The first-order valence-corrected chi connectivity index (χ1v) is 7.38. The fourth-order valence-electron chi connectivity index (χ4n) is 2.51. The van der Waals surface area contributed by atoms with Gasteiger partial charge in [-0.05, 0) is 24.3 Å². The largest absolute Gasteiger partial charge is 0.492 e. The first kappa shape index (κ1) is 13.2. The topological polar surface area (TPSA) is 40.2 Å². The lowest BCUT2D eigenvalue weighted by atomic mass is 10.1. The molecule has 110 valence electrons. The van der Waals surface area contributed by atoms with Crippen molar-refractivity contribution in [2.75, 3.05) is 6.61 Å². The van der Waals surface area contributed by atoms with Crippen LogP contribution >= 0.6 is 11.6 Å². The third kappa shape index (κ3) is 2.42. The van der Waals surface area contributed by atoms with Gasteiger partial charge in [0.15, 0.2) is 0 Å². The van der Waals surface area contributed by atoms with Crippen LogP contribution in [0.3, 0.4) is 0 Å². The maximum absolute atomic E-state index is 6.00. The summed E-state index contributed by atoms with van der Waals surface area (Å²) in [5, 5.41) is 2.79. The molecular weight excluding hydrogens is 300 g/mol. The van der Waals surface area contributed by atoms with Crippen molar-refractivity contribution < 1.29 is 9.15 Å². The van der Waals surface area contributed by atoms with Crippen LogP contribution in [0.25, 0.3) is 21.9 Å². The highest BCUT2D eigenvalue weighted by Gasteiger charge is 2.08. The molecule has 0 unspecified atom stereocenters. The second-order valence-corrected chi connectivity index (χ2v) is 5.49. The zero-order chi connectivity index (χ0) is 14.9. The predicted octanol–water partition coefficient (Wildman–Crippen LogP) is 4.51. The summed E-state index contributed by atoms with van der Waals surface area (Å²) in [6.07, 6.45) is 5.44. The molecule has 0 N–H and O–H groups in total. The Morgan fingerprint density at radius 2 is 1.91 bits per heavy atom. The molecule has 0 aliphatic rings. The van der Waals surface area contributed by atoms with Crippen LogP contribution in [0.2, 0.25) is 5.02 Å². The highest BCUT2D eigenvalue weighted by Crippen LogP contribution is 2.32. The molecule has 0 bridgehead atoms. The number of ether oxygens (including phenoxy) is 1. The molecule has 0 spiro atoms. The van der Waals surface area contributed by atoms with E-state index in [1.807, 2.05) is 47.2 Å². The lowest BCUT2D eigenvalue weighted by molar-refractivity contribution is 0.298. The molecule has 2 aromatic heterocycles. The summed E-state index contributed by atoms with van der Waals surface area (Å²) in [7, 11) is 0. The molecule has 2 heterocycles. The quantitative estimate of drug-likeness (QED) is 0.556. The second-order valence-electron chi connectivity index (χ2n) is 5.05. The van der Waals surface area contributed by atoms with Crippen LogP contribution in [-0.2, 0) is 6.54 Å². The van der Waals surface area contributed by atoms with E-state index in [0.717, 1.165) is 34.2 Å². The summed E-state index contributed by atoms with van der Waals surface area (Å²) in [6, 6.07) is 11.6.